The highest BCUT2D eigenvalue weighted by atomic mass is 32.2. The summed E-state index contributed by atoms with van der Waals surface area (Å²) in [6, 6.07) is 1.99. The first kappa shape index (κ1) is 18.4. The van der Waals surface area contributed by atoms with Crippen LogP contribution in [0.2, 0.25) is 0 Å². The predicted molar refractivity (Wildman–Crippen MR) is 91.0 cm³/mol. The minimum absolute atomic E-state index is 0.0728. The lowest BCUT2D eigenvalue weighted by Gasteiger charge is -2.34. The molecule has 1 aliphatic heterocycles. The molecule has 1 aromatic heterocycles. The topological polar surface area (TPSA) is 75.7 Å². The molecule has 8 heteroatoms. The second-order valence-corrected chi connectivity index (χ2v) is 8.74. The van der Waals surface area contributed by atoms with Crippen molar-refractivity contribution in [2.45, 2.75) is 38.9 Å². The van der Waals surface area contributed by atoms with Gasteiger partial charge in [0.05, 0.1) is 18.0 Å². The Morgan fingerprint density at radius 3 is 2.70 bits per heavy atom. The summed E-state index contributed by atoms with van der Waals surface area (Å²) in [5.74, 6) is -0.188. The Kier molecular flexibility index (Phi) is 6.58. The van der Waals surface area contributed by atoms with Gasteiger partial charge in [0.25, 0.3) is 0 Å². The Morgan fingerprint density at radius 1 is 1.39 bits per heavy atom. The molecule has 0 aliphatic carbocycles. The number of thiophene rings is 1. The summed E-state index contributed by atoms with van der Waals surface area (Å²) < 4.78 is 31.7. The molecule has 1 saturated heterocycles. The van der Waals surface area contributed by atoms with E-state index in [1.807, 2.05) is 30.7 Å². The monoisotopic (exact) mass is 360 g/mol. The van der Waals surface area contributed by atoms with Crippen molar-refractivity contribution < 1.29 is 17.9 Å². The maximum Gasteiger partial charge on any atom is 0.220 e. The zero-order valence-electron chi connectivity index (χ0n) is 13.5. The minimum atomic E-state index is -3.36. The number of rotatable bonds is 7. The van der Waals surface area contributed by atoms with Gasteiger partial charge < -0.3 is 10.1 Å². The van der Waals surface area contributed by atoms with Crippen LogP contribution in [0.4, 0.5) is 0 Å². The molecule has 6 nitrogen and oxygen atoms in total. The maximum atomic E-state index is 12.3. The minimum Gasteiger partial charge on any atom is -0.373 e. The fraction of sp³-hybridized carbons (Fsp3) is 0.667. The highest BCUT2D eigenvalue weighted by Gasteiger charge is 2.30. The van der Waals surface area contributed by atoms with Crippen LogP contribution in [0.25, 0.3) is 0 Å². The predicted octanol–water partition coefficient (Wildman–Crippen LogP) is 1.24. The Morgan fingerprint density at radius 2 is 2.09 bits per heavy atom. The lowest BCUT2D eigenvalue weighted by molar-refractivity contribution is -0.120. The number of carbonyl (C=O) groups is 1. The van der Waals surface area contributed by atoms with Crippen molar-refractivity contribution in [1.29, 1.82) is 0 Å². The fourth-order valence-corrected chi connectivity index (χ4v) is 4.78. The van der Waals surface area contributed by atoms with Crippen LogP contribution in [0.5, 0.6) is 0 Å². The van der Waals surface area contributed by atoms with Gasteiger partial charge in [0.15, 0.2) is 0 Å². The molecule has 0 unspecified atom stereocenters. The fourth-order valence-electron chi connectivity index (χ4n) is 2.59. The number of nitrogens with zero attached hydrogens (tertiary/aromatic N) is 1. The van der Waals surface area contributed by atoms with Gasteiger partial charge in [-0.1, -0.05) is 0 Å². The molecule has 0 saturated carbocycles. The van der Waals surface area contributed by atoms with Gasteiger partial charge in [-0.2, -0.15) is 15.6 Å². The van der Waals surface area contributed by atoms with E-state index in [1.54, 1.807) is 11.3 Å². The van der Waals surface area contributed by atoms with Crippen LogP contribution < -0.4 is 5.32 Å². The highest BCUT2D eigenvalue weighted by Crippen LogP contribution is 2.14. The van der Waals surface area contributed by atoms with Gasteiger partial charge in [-0.25, -0.2) is 8.42 Å². The number of aryl methyl sites for hydroxylation is 1. The average Bonchev–Trinajstić information content (AvgIpc) is 2.97. The van der Waals surface area contributed by atoms with Crippen LogP contribution >= 0.6 is 11.3 Å². The third-order valence-electron chi connectivity index (χ3n) is 3.68. The van der Waals surface area contributed by atoms with Crippen LogP contribution in [0.15, 0.2) is 16.8 Å². The number of ether oxygens (including phenoxy) is 1. The van der Waals surface area contributed by atoms with E-state index in [0.717, 1.165) is 5.56 Å². The first-order valence-electron chi connectivity index (χ1n) is 7.78. The molecule has 0 bridgehead atoms. The molecular formula is C15H24N2O4S2. The van der Waals surface area contributed by atoms with Crippen LogP contribution in [0, 0.1) is 0 Å². The lowest BCUT2D eigenvalue weighted by atomic mass is 10.2. The van der Waals surface area contributed by atoms with Crippen LogP contribution in [-0.4, -0.2) is 56.2 Å². The van der Waals surface area contributed by atoms with Crippen molar-refractivity contribution in [3.05, 3.63) is 22.4 Å². The van der Waals surface area contributed by atoms with Gasteiger partial charge >= 0.3 is 0 Å². The molecule has 1 N–H and O–H groups in total. The van der Waals surface area contributed by atoms with Crippen molar-refractivity contribution in [1.82, 2.24) is 9.62 Å². The van der Waals surface area contributed by atoms with Crippen molar-refractivity contribution in [3.8, 4) is 0 Å². The molecular weight excluding hydrogens is 336 g/mol. The Hall–Kier alpha value is -0.960. The lowest BCUT2D eigenvalue weighted by Crippen LogP contribution is -2.49. The van der Waals surface area contributed by atoms with Gasteiger partial charge in [-0.3, -0.25) is 4.79 Å². The second kappa shape index (κ2) is 8.23. The van der Waals surface area contributed by atoms with E-state index in [-0.39, 0.29) is 30.4 Å². The number of morpholine rings is 1. The van der Waals surface area contributed by atoms with Gasteiger partial charge in [0, 0.05) is 26.1 Å². The van der Waals surface area contributed by atoms with Crippen molar-refractivity contribution >= 4 is 27.3 Å². The Balaban J connectivity index is 1.72. The highest BCUT2D eigenvalue weighted by molar-refractivity contribution is 7.89. The summed E-state index contributed by atoms with van der Waals surface area (Å²) in [6.45, 7) is 4.62. The molecule has 0 aromatic carbocycles. The summed E-state index contributed by atoms with van der Waals surface area (Å²) in [7, 11) is -3.36. The molecule has 2 heterocycles. The molecule has 130 valence electrons. The zero-order chi connectivity index (χ0) is 16.9. The molecule has 1 aromatic rings. The van der Waals surface area contributed by atoms with E-state index in [4.69, 9.17) is 4.74 Å². The van der Waals surface area contributed by atoms with Gasteiger partial charge in [-0.05, 0) is 42.7 Å². The van der Waals surface area contributed by atoms with E-state index >= 15 is 0 Å². The quantitative estimate of drug-likeness (QED) is 0.794. The first-order valence-corrected chi connectivity index (χ1v) is 10.3. The smallest absolute Gasteiger partial charge is 0.220 e. The SMILES string of the molecule is C[C@@H]1CN(S(=O)(=O)CCNC(=O)CCc2ccsc2)C[C@H](C)O1. The van der Waals surface area contributed by atoms with Gasteiger partial charge in [0.2, 0.25) is 15.9 Å². The van der Waals surface area contributed by atoms with Crippen molar-refractivity contribution in [3.63, 3.8) is 0 Å². The van der Waals surface area contributed by atoms with E-state index < -0.39 is 10.0 Å². The molecule has 2 atom stereocenters. The number of hydrogen-bond acceptors (Lipinski definition) is 5. The van der Waals surface area contributed by atoms with E-state index in [2.05, 4.69) is 5.32 Å². The van der Waals surface area contributed by atoms with E-state index in [0.29, 0.717) is 25.9 Å². The molecule has 0 radical (unpaired) electrons. The summed E-state index contributed by atoms with van der Waals surface area (Å²) in [6.07, 6.45) is 0.852. The summed E-state index contributed by atoms with van der Waals surface area (Å²) >= 11 is 1.60. The number of amides is 1. The molecule has 1 aliphatic rings. The summed E-state index contributed by atoms with van der Waals surface area (Å²) in [5.41, 5.74) is 1.13. The third kappa shape index (κ3) is 5.87. The first-order chi connectivity index (χ1) is 10.9. The van der Waals surface area contributed by atoms with Crippen LogP contribution in [0.3, 0.4) is 0 Å². The number of sulfonamides is 1. The molecule has 23 heavy (non-hydrogen) atoms. The average molecular weight is 361 g/mol. The summed E-state index contributed by atoms with van der Waals surface area (Å²) in [5, 5.41) is 6.68. The largest absolute Gasteiger partial charge is 0.373 e. The van der Waals surface area contributed by atoms with E-state index in [1.165, 1.54) is 4.31 Å². The van der Waals surface area contributed by atoms with Gasteiger partial charge in [0.1, 0.15) is 0 Å². The standard InChI is InChI=1S/C15H24N2O4S2/c1-12-9-17(10-13(2)21-12)23(19,20)8-6-16-15(18)4-3-14-5-7-22-11-14/h5,7,11-13H,3-4,6,8-10H2,1-2H3,(H,16,18)/t12-,13+. The maximum absolute atomic E-state index is 12.3. The van der Waals surface area contributed by atoms with Gasteiger partial charge in [-0.15, -0.1) is 0 Å². The summed E-state index contributed by atoms with van der Waals surface area (Å²) in [4.78, 5) is 11.8. The number of hydrogen-bond donors (Lipinski definition) is 1. The molecule has 0 spiro atoms. The van der Waals surface area contributed by atoms with Crippen molar-refractivity contribution in [2.24, 2.45) is 0 Å². The molecule has 2 rings (SSSR count). The second-order valence-electron chi connectivity index (χ2n) is 5.87. The Labute approximate surface area is 141 Å². The van der Waals surface area contributed by atoms with Crippen LogP contribution in [-0.2, 0) is 26.0 Å². The van der Waals surface area contributed by atoms with E-state index in [9.17, 15) is 13.2 Å². The number of nitrogens with one attached hydrogen (secondary N) is 1. The molecule has 1 amide bonds. The molecule has 1 fully saturated rings. The number of carbonyl (C=O) groups excluding carboxylic acids is 1. The Bertz CT molecular complexity index is 591. The zero-order valence-corrected chi connectivity index (χ0v) is 15.2. The van der Waals surface area contributed by atoms with Crippen LogP contribution in [0.1, 0.15) is 25.8 Å². The normalized spacial score (nSPS) is 22.9. The third-order valence-corrected chi connectivity index (χ3v) is 6.22. The van der Waals surface area contributed by atoms with Crippen molar-refractivity contribution in [2.75, 3.05) is 25.4 Å².